The van der Waals surface area contributed by atoms with Gasteiger partial charge in [0.1, 0.15) is 12.0 Å². The number of anilines is 1. The number of hydrogen-bond acceptors (Lipinski definition) is 1. The largest absolute Gasteiger partial charge is 0.379 e. The molecule has 1 aromatic rings. The molecule has 1 rings (SSSR count). The van der Waals surface area contributed by atoms with Gasteiger partial charge in [-0.15, -0.1) is 0 Å². The molecule has 3 heteroatoms. The SMILES string of the molecule is C=C(CC)Cc1c(C)cc(NC(CC)C(C)F)cc1F. The van der Waals surface area contributed by atoms with Crippen LogP contribution in [-0.2, 0) is 6.42 Å². The number of halogens is 2. The Bertz CT molecular complexity index is 443. The summed E-state index contributed by atoms with van der Waals surface area (Å²) in [7, 11) is 0. The van der Waals surface area contributed by atoms with Gasteiger partial charge in [-0.25, -0.2) is 8.78 Å². The lowest BCUT2D eigenvalue weighted by atomic mass is 9.98. The molecule has 2 atom stereocenters. The lowest BCUT2D eigenvalue weighted by molar-refractivity contribution is 0.314. The molecule has 0 heterocycles. The van der Waals surface area contributed by atoms with Crippen molar-refractivity contribution in [1.29, 1.82) is 0 Å². The number of rotatable bonds is 7. The van der Waals surface area contributed by atoms with E-state index < -0.39 is 6.17 Å². The van der Waals surface area contributed by atoms with Gasteiger partial charge in [0, 0.05) is 5.69 Å². The first-order chi connectivity index (χ1) is 9.38. The number of alkyl halides is 1. The van der Waals surface area contributed by atoms with E-state index >= 15 is 0 Å². The van der Waals surface area contributed by atoms with Crippen LogP contribution in [0.1, 0.15) is 44.7 Å². The smallest absolute Gasteiger partial charge is 0.129 e. The molecule has 1 N–H and O–H groups in total. The van der Waals surface area contributed by atoms with Crippen molar-refractivity contribution in [3.63, 3.8) is 0 Å². The van der Waals surface area contributed by atoms with E-state index in [2.05, 4.69) is 11.9 Å². The van der Waals surface area contributed by atoms with Gasteiger partial charge in [-0.1, -0.05) is 26.0 Å². The van der Waals surface area contributed by atoms with Gasteiger partial charge in [0.25, 0.3) is 0 Å². The number of aryl methyl sites for hydroxylation is 1. The van der Waals surface area contributed by atoms with Crippen molar-refractivity contribution >= 4 is 5.69 Å². The highest BCUT2D eigenvalue weighted by molar-refractivity contribution is 5.50. The number of benzene rings is 1. The number of hydrogen-bond donors (Lipinski definition) is 1. The second-order valence-electron chi connectivity index (χ2n) is 5.37. The van der Waals surface area contributed by atoms with Crippen LogP contribution in [-0.4, -0.2) is 12.2 Å². The molecule has 0 amide bonds. The fourth-order valence-corrected chi connectivity index (χ4v) is 2.21. The van der Waals surface area contributed by atoms with E-state index in [1.807, 2.05) is 26.8 Å². The van der Waals surface area contributed by atoms with E-state index in [1.54, 1.807) is 0 Å². The Morgan fingerprint density at radius 2 is 2.00 bits per heavy atom. The van der Waals surface area contributed by atoms with E-state index in [0.29, 0.717) is 24.1 Å². The maximum absolute atomic E-state index is 14.2. The predicted molar refractivity (Wildman–Crippen MR) is 82.5 cm³/mol. The summed E-state index contributed by atoms with van der Waals surface area (Å²) in [4.78, 5) is 0. The minimum Gasteiger partial charge on any atom is -0.379 e. The lowest BCUT2D eigenvalue weighted by Gasteiger charge is -2.21. The molecule has 0 aliphatic heterocycles. The van der Waals surface area contributed by atoms with Crippen LogP contribution < -0.4 is 5.32 Å². The fourth-order valence-electron chi connectivity index (χ4n) is 2.21. The first-order valence-corrected chi connectivity index (χ1v) is 7.25. The van der Waals surface area contributed by atoms with E-state index in [1.165, 1.54) is 13.0 Å². The van der Waals surface area contributed by atoms with Crippen LogP contribution in [0.15, 0.2) is 24.3 Å². The van der Waals surface area contributed by atoms with Crippen LogP contribution in [0.5, 0.6) is 0 Å². The molecule has 0 saturated heterocycles. The lowest BCUT2D eigenvalue weighted by Crippen LogP contribution is -2.27. The summed E-state index contributed by atoms with van der Waals surface area (Å²) in [5.41, 5.74) is 3.21. The maximum Gasteiger partial charge on any atom is 0.129 e. The Balaban J connectivity index is 2.95. The third kappa shape index (κ3) is 4.32. The standard InChI is InChI=1S/C17H25F2N/c1-6-11(3)8-15-12(4)9-14(10-16(15)19)20-17(7-2)13(5)18/h9-10,13,17,20H,3,6-8H2,1-2,4-5H3. The van der Waals surface area contributed by atoms with E-state index in [0.717, 1.165) is 17.6 Å². The van der Waals surface area contributed by atoms with Gasteiger partial charge in [0.2, 0.25) is 0 Å². The fraction of sp³-hybridized carbons (Fsp3) is 0.529. The molecule has 0 aliphatic rings. The second kappa shape index (κ2) is 7.41. The molecule has 1 aromatic carbocycles. The minimum atomic E-state index is -0.970. The number of nitrogens with one attached hydrogen (secondary N) is 1. The average molecular weight is 281 g/mol. The van der Waals surface area contributed by atoms with Crippen molar-refractivity contribution in [2.75, 3.05) is 5.32 Å². The van der Waals surface area contributed by atoms with Crippen LogP contribution in [0.25, 0.3) is 0 Å². The zero-order chi connectivity index (χ0) is 15.3. The van der Waals surface area contributed by atoms with Crippen molar-refractivity contribution in [2.45, 2.75) is 59.2 Å². The quantitative estimate of drug-likeness (QED) is 0.678. The van der Waals surface area contributed by atoms with Crippen molar-refractivity contribution < 1.29 is 8.78 Å². The highest BCUT2D eigenvalue weighted by Crippen LogP contribution is 2.24. The normalized spacial score (nSPS) is 13.9. The topological polar surface area (TPSA) is 12.0 Å². The van der Waals surface area contributed by atoms with Gasteiger partial charge in [0.15, 0.2) is 0 Å². The summed E-state index contributed by atoms with van der Waals surface area (Å²) in [6.07, 6.45) is 1.09. The molecule has 0 radical (unpaired) electrons. The monoisotopic (exact) mass is 281 g/mol. The molecule has 0 fully saturated rings. The Labute approximate surface area is 121 Å². The molecule has 112 valence electrons. The molecule has 0 bridgehead atoms. The third-order valence-corrected chi connectivity index (χ3v) is 3.69. The van der Waals surface area contributed by atoms with E-state index in [-0.39, 0.29) is 11.9 Å². The maximum atomic E-state index is 14.2. The molecule has 0 aliphatic carbocycles. The van der Waals surface area contributed by atoms with Crippen LogP contribution in [0.3, 0.4) is 0 Å². The minimum absolute atomic E-state index is 0.247. The Morgan fingerprint density at radius 1 is 1.35 bits per heavy atom. The van der Waals surface area contributed by atoms with Crippen LogP contribution >= 0.6 is 0 Å². The van der Waals surface area contributed by atoms with E-state index in [9.17, 15) is 8.78 Å². The first kappa shape index (κ1) is 16.7. The number of allylic oxidation sites excluding steroid dienone is 1. The van der Waals surface area contributed by atoms with Crippen molar-refractivity contribution in [3.8, 4) is 0 Å². The molecular weight excluding hydrogens is 256 g/mol. The van der Waals surface area contributed by atoms with Crippen molar-refractivity contribution in [2.24, 2.45) is 0 Å². The van der Waals surface area contributed by atoms with Gasteiger partial charge in [-0.05, 0) is 56.4 Å². The molecule has 0 spiro atoms. The summed E-state index contributed by atoms with van der Waals surface area (Å²) >= 11 is 0. The Kier molecular flexibility index (Phi) is 6.18. The first-order valence-electron chi connectivity index (χ1n) is 7.25. The van der Waals surface area contributed by atoms with Gasteiger partial charge < -0.3 is 5.32 Å². The summed E-state index contributed by atoms with van der Waals surface area (Å²) < 4.78 is 27.6. The Morgan fingerprint density at radius 3 is 2.45 bits per heavy atom. The van der Waals surface area contributed by atoms with E-state index in [4.69, 9.17) is 0 Å². The molecule has 0 saturated carbocycles. The summed E-state index contributed by atoms with van der Waals surface area (Å²) in [6, 6.07) is 3.05. The summed E-state index contributed by atoms with van der Waals surface area (Å²) in [5.74, 6) is -0.247. The molecule has 2 unspecified atom stereocenters. The molecular formula is C17H25F2N. The summed E-state index contributed by atoms with van der Waals surface area (Å²) in [6.45, 7) is 11.3. The van der Waals surface area contributed by atoms with Crippen LogP contribution in [0, 0.1) is 12.7 Å². The zero-order valence-corrected chi connectivity index (χ0v) is 12.9. The summed E-state index contributed by atoms with van der Waals surface area (Å²) in [5, 5.41) is 3.07. The molecule has 20 heavy (non-hydrogen) atoms. The Hall–Kier alpha value is -1.38. The van der Waals surface area contributed by atoms with Crippen LogP contribution in [0.4, 0.5) is 14.5 Å². The molecule has 1 nitrogen and oxygen atoms in total. The second-order valence-corrected chi connectivity index (χ2v) is 5.37. The van der Waals surface area contributed by atoms with Gasteiger partial charge >= 0.3 is 0 Å². The van der Waals surface area contributed by atoms with Crippen molar-refractivity contribution in [3.05, 3.63) is 41.2 Å². The molecule has 0 aromatic heterocycles. The predicted octanol–water partition coefficient (Wildman–Crippen LogP) is 5.19. The highest BCUT2D eigenvalue weighted by atomic mass is 19.1. The van der Waals surface area contributed by atoms with Gasteiger partial charge in [-0.2, -0.15) is 0 Å². The van der Waals surface area contributed by atoms with Gasteiger partial charge in [-0.3, -0.25) is 0 Å². The van der Waals surface area contributed by atoms with Crippen molar-refractivity contribution in [1.82, 2.24) is 0 Å². The zero-order valence-electron chi connectivity index (χ0n) is 12.9. The van der Waals surface area contributed by atoms with Gasteiger partial charge in [0.05, 0.1) is 6.04 Å². The highest BCUT2D eigenvalue weighted by Gasteiger charge is 2.16. The average Bonchev–Trinajstić information content (AvgIpc) is 2.39. The van der Waals surface area contributed by atoms with Crippen LogP contribution in [0.2, 0.25) is 0 Å². The third-order valence-electron chi connectivity index (χ3n) is 3.69.